The van der Waals surface area contributed by atoms with E-state index < -0.39 is 7.63 Å². The first-order chi connectivity index (χ1) is 10.2. The zero-order chi connectivity index (χ0) is 15.1. The van der Waals surface area contributed by atoms with Crippen molar-refractivity contribution in [1.29, 1.82) is 0 Å². The third-order valence-electron chi connectivity index (χ3n) is 3.62. The van der Waals surface area contributed by atoms with E-state index in [1.165, 1.54) is 12.8 Å². The van der Waals surface area contributed by atoms with Crippen molar-refractivity contribution in [3.8, 4) is 0 Å². The van der Waals surface area contributed by atoms with Crippen LogP contribution in [0.15, 0.2) is 60.7 Å². The van der Waals surface area contributed by atoms with Crippen molar-refractivity contribution >= 4 is 29.1 Å². The molecular weight excluding hydrogens is 296 g/mol. The Morgan fingerprint density at radius 2 is 1.43 bits per heavy atom. The summed E-state index contributed by atoms with van der Waals surface area (Å²) in [4.78, 5) is 0. The third kappa shape index (κ3) is 4.19. The number of unbranched alkanes of at least 4 members (excludes halogenated alkanes) is 1. The van der Waals surface area contributed by atoms with Crippen LogP contribution in [-0.2, 0) is 4.43 Å². The van der Waals surface area contributed by atoms with Crippen LogP contribution in [0.3, 0.4) is 0 Å². The Bertz CT molecular complexity index is 490. The van der Waals surface area contributed by atoms with Crippen molar-refractivity contribution in [1.82, 2.24) is 0 Å². The normalized spacial score (nSPS) is 13.1. The Kier molecular flexibility index (Phi) is 6.04. The molecule has 0 aliphatic carbocycles. The highest BCUT2D eigenvalue weighted by molar-refractivity contribution is 7.30. The lowest BCUT2D eigenvalue weighted by Crippen LogP contribution is -2.57. The summed E-state index contributed by atoms with van der Waals surface area (Å²) in [6, 6.07) is 20.5. The van der Waals surface area contributed by atoms with Gasteiger partial charge in [0.2, 0.25) is 0 Å². The predicted octanol–water partition coefficient (Wildman–Crippen LogP) is 4.08. The van der Waals surface area contributed by atoms with Crippen LogP contribution in [0.4, 0.5) is 0 Å². The van der Waals surface area contributed by atoms with Crippen molar-refractivity contribution in [3.63, 3.8) is 0 Å². The van der Waals surface area contributed by atoms with Crippen LogP contribution in [0.25, 0.3) is 0 Å². The molecule has 0 fully saturated rings. The molecule has 0 aliphatic rings. The van der Waals surface area contributed by atoms with Gasteiger partial charge in [-0.1, -0.05) is 80.4 Å². The van der Waals surface area contributed by atoms with Gasteiger partial charge in [0.05, 0.1) is 0 Å². The summed E-state index contributed by atoms with van der Waals surface area (Å²) in [5, 5.41) is 2.22. The van der Waals surface area contributed by atoms with Gasteiger partial charge in [-0.25, -0.2) is 0 Å². The van der Waals surface area contributed by atoms with Crippen LogP contribution < -0.4 is 10.4 Å². The lowest BCUT2D eigenvalue weighted by Gasteiger charge is -2.29. The van der Waals surface area contributed by atoms with E-state index in [0.717, 1.165) is 16.8 Å². The maximum absolute atomic E-state index is 7.08. The Morgan fingerprint density at radius 3 is 1.86 bits per heavy atom. The first-order valence-corrected chi connectivity index (χ1v) is 10.6. The zero-order valence-corrected chi connectivity index (χ0v) is 14.5. The average Bonchev–Trinajstić information content (AvgIpc) is 2.54. The van der Waals surface area contributed by atoms with Crippen molar-refractivity contribution in [2.24, 2.45) is 0 Å². The van der Waals surface area contributed by atoms with Gasteiger partial charge in [0.1, 0.15) is 0 Å². The smallest absolute Gasteiger partial charge is 0.355 e. The van der Waals surface area contributed by atoms with Gasteiger partial charge in [-0.05, 0) is 23.7 Å². The van der Waals surface area contributed by atoms with Gasteiger partial charge in [-0.3, -0.25) is 0 Å². The zero-order valence-electron chi connectivity index (χ0n) is 12.8. The second-order valence-corrected chi connectivity index (χ2v) is 9.58. The molecule has 0 heterocycles. The van der Waals surface area contributed by atoms with Crippen molar-refractivity contribution in [2.75, 3.05) is 0 Å². The Balaban J connectivity index is 2.31. The highest BCUT2D eigenvalue weighted by Crippen LogP contribution is 2.17. The number of rotatable bonds is 7. The van der Waals surface area contributed by atoms with Crippen LogP contribution in [0, 0.1) is 0 Å². The molecule has 1 nitrogen and oxygen atoms in total. The molecule has 112 valence electrons. The van der Waals surface area contributed by atoms with Gasteiger partial charge in [0.15, 0.2) is 0 Å². The Morgan fingerprint density at radius 1 is 0.952 bits per heavy atom. The van der Waals surface area contributed by atoms with Gasteiger partial charge in [-0.15, -0.1) is 11.1 Å². The van der Waals surface area contributed by atoms with Crippen molar-refractivity contribution in [3.05, 3.63) is 60.7 Å². The fraction of sp³-hybridized carbons (Fsp3) is 0.333. The monoisotopic (exact) mass is 318 g/mol. The van der Waals surface area contributed by atoms with E-state index in [4.69, 9.17) is 15.5 Å². The molecule has 2 aromatic rings. The summed E-state index contributed by atoms with van der Waals surface area (Å²) in [7, 11) is -2.64. The lowest BCUT2D eigenvalue weighted by molar-refractivity contribution is 0.211. The standard InChI is InChI=1S/C18H23ClOSi/c1-3-4-11-16(2)20-21(19,17-12-7-5-8-13-17)18-14-9-6-10-15-18/h5-10,12-16H,3-4,11H2,1-2H3. The van der Waals surface area contributed by atoms with E-state index in [1.54, 1.807) is 0 Å². The molecule has 3 heteroatoms. The summed E-state index contributed by atoms with van der Waals surface area (Å²) in [5.74, 6) is 0. The van der Waals surface area contributed by atoms with Gasteiger partial charge < -0.3 is 4.43 Å². The Labute approximate surface area is 133 Å². The van der Waals surface area contributed by atoms with Gasteiger partial charge >= 0.3 is 7.63 Å². The van der Waals surface area contributed by atoms with Gasteiger partial charge in [-0.2, -0.15) is 0 Å². The van der Waals surface area contributed by atoms with E-state index in [0.29, 0.717) is 0 Å². The van der Waals surface area contributed by atoms with Crippen LogP contribution in [-0.4, -0.2) is 13.7 Å². The second kappa shape index (κ2) is 7.78. The topological polar surface area (TPSA) is 9.23 Å². The molecule has 0 aliphatic heterocycles. The molecule has 0 spiro atoms. The molecule has 2 rings (SSSR count). The molecule has 0 saturated heterocycles. The maximum Gasteiger partial charge on any atom is 0.355 e. The van der Waals surface area contributed by atoms with Gasteiger partial charge in [0, 0.05) is 6.10 Å². The molecular formula is C18H23ClOSi. The fourth-order valence-corrected chi connectivity index (χ4v) is 6.17. The van der Waals surface area contributed by atoms with E-state index >= 15 is 0 Å². The minimum atomic E-state index is -2.64. The number of hydrogen-bond donors (Lipinski definition) is 0. The summed E-state index contributed by atoms with van der Waals surface area (Å²) < 4.78 is 6.42. The molecule has 1 unspecified atom stereocenters. The molecule has 0 radical (unpaired) electrons. The fourth-order valence-electron chi connectivity index (χ4n) is 2.44. The molecule has 0 N–H and O–H groups in total. The molecule has 0 amide bonds. The third-order valence-corrected chi connectivity index (χ3v) is 8.07. The molecule has 0 aromatic heterocycles. The number of benzene rings is 2. The average molecular weight is 319 g/mol. The summed E-state index contributed by atoms with van der Waals surface area (Å²) in [6.45, 7) is 4.33. The molecule has 1 atom stereocenters. The van der Waals surface area contributed by atoms with E-state index in [1.807, 2.05) is 36.4 Å². The molecule has 0 bridgehead atoms. The summed E-state index contributed by atoms with van der Waals surface area (Å²) in [6.07, 6.45) is 3.58. The second-order valence-electron chi connectivity index (χ2n) is 5.40. The van der Waals surface area contributed by atoms with Crippen molar-refractivity contribution < 1.29 is 4.43 Å². The van der Waals surface area contributed by atoms with Crippen LogP contribution in [0.1, 0.15) is 33.1 Å². The Hall–Kier alpha value is -1.09. The predicted molar refractivity (Wildman–Crippen MR) is 93.8 cm³/mol. The van der Waals surface area contributed by atoms with Crippen LogP contribution >= 0.6 is 11.1 Å². The summed E-state index contributed by atoms with van der Waals surface area (Å²) >= 11 is 7.08. The minimum absolute atomic E-state index is 0.175. The van der Waals surface area contributed by atoms with Crippen molar-refractivity contribution in [2.45, 2.75) is 39.2 Å². The first kappa shape index (κ1) is 16.3. The van der Waals surface area contributed by atoms with Crippen LogP contribution in [0.2, 0.25) is 0 Å². The SMILES string of the molecule is CCCCC(C)O[Si](Cl)(c1ccccc1)c1ccccc1. The first-order valence-electron chi connectivity index (χ1n) is 7.64. The van der Waals surface area contributed by atoms with Crippen LogP contribution in [0.5, 0.6) is 0 Å². The minimum Gasteiger partial charge on any atom is -0.394 e. The van der Waals surface area contributed by atoms with E-state index in [9.17, 15) is 0 Å². The molecule has 0 saturated carbocycles. The number of hydrogen-bond acceptors (Lipinski definition) is 1. The largest absolute Gasteiger partial charge is 0.394 e. The molecule has 21 heavy (non-hydrogen) atoms. The quantitative estimate of drug-likeness (QED) is 0.552. The van der Waals surface area contributed by atoms with E-state index in [2.05, 4.69) is 38.1 Å². The van der Waals surface area contributed by atoms with E-state index in [-0.39, 0.29) is 6.10 Å². The lowest BCUT2D eigenvalue weighted by atomic mass is 10.2. The highest BCUT2D eigenvalue weighted by Gasteiger charge is 2.39. The number of halogens is 1. The maximum atomic E-state index is 7.08. The summed E-state index contributed by atoms with van der Waals surface area (Å²) in [5.41, 5.74) is 0. The van der Waals surface area contributed by atoms with Gasteiger partial charge in [0.25, 0.3) is 0 Å². The highest BCUT2D eigenvalue weighted by atomic mass is 35.6. The molecule has 2 aromatic carbocycles.